The standard InChI is InChI=1S/C16H26N2O/c1-5-14(6-2)13(4)17-11-16(19)18-15-9-7-8-12(3)10-15/h7-10,13-14,17H,5-6,11H2,1-4H3,(H,18,19). The Morgan fingerprint density at radius 1 is 1.26 bits per heavy atom. The minimum atomic E-state index is 0.0170. The minimum absolute atomic E-state index is 0.0170. The predicted octanol–water partition coefficient (Wildman–Crippen LogP) is 3.35. The summed E-state index contributed by atoms with van der Waals surface area (Å²) in [6.07, 6.45) is 2.29. The molecular formula is C16H26N2O. The molecule has 0 aromatic heterocycles. The smallest absolute Gasteiger partial charge is 0.238 e. The van der Waals surface area contributed by atoms with Crippen LogP contribution in [0.4, 0.5) is 5.69 Å². The number of hydrogen-bond acceptors (Lipinski definition) is 2. The molecule has 0 aliphatic carbocycles. The van der Waals surface area contributed by atoms with E-state index in [2.05, 4.69) is 31.4 Å². The van der Waals surface area contributed by atoms with Crippen molar-refractivity contribution in [2.24, 2.45) is 5.92 Å². The molecule has 0 heterocycles. The van der Waals surface area contributed by atoms with Gasteiger partial charge >= 0.3 is 0 Å². The van der Waals surface area contributed by atoms with Gasteiger partial charge in [0.2, 0.25) is 5.91 Å². The second-order valence-electron chi connectivity index (χ2n) is 5.16. The van der Waals surface area contributed by atoms with Crippen LogP contribution in [0.15, 0.2) is 24.3 Å². The van der Waals surface area contributed by atoms with Crippen LogP contribution in [0.3, 0.4) is 0 Å². The topological polar surface area (TPSA) is 41.1 Å². The molecule has 0 aliphatic heterocycles. The lowest BCUT2D eigenvalue weighted by Gasteiger charge is -2.22. The van der Waals surface area contributed by atoms with E-state index in [1.54, 1.807) is 0 Å². The van der Waals surface area contributed by atoms with Crippen molar-refractivity contribution in [1.29, 1.82) is 0 Å². The third-order valence-electron chi connectivity index (χ3n) is 3.64. The number of hydrogen-bond donors (Lipinski definition) is 2. The largest absolute Gasteiger partial charge is 0.325 e. The van der Waals surface area contributed by atoms with E-state index >= 15 is 0 Å². The molecule has 1 rings (SSSR count). The summed E-state index contributed by atoms with van der Waals surface area (Å²) in [4.78, 5) is 11.9. The number of nitrogens with one attached hydrogen (secondary N) is 2. The van der Waals surface area contributed by atoms with Crippen LogP contribution in [0.2, 0.25) is 0 Å². The van der Waals surface area contributed by atoms with E-state index in [1.165, 1.54) is 0 Å². The first-order valence-electron chi connectivity index (χ1n) is 7.16. The van der Waals surface area contributed by atoms with Crippen LogP contribution < -0.4 is 10.6 Å². The zero-order valence-electron chi connectivity index (χ0n) is 12.5. The molecule has 1 amide bonds. The van der Waals surface area contributed by atoms with Crippen molar-refractivity contribution < 1.29 is 4.79 Å². The summed E-state index contributed by atoms with van der Waals surface area (Å²) in [5, 5.41) is 6.22. The zero-order valence-corrected chi connectivity index (χ0v) is 12.5. The molecular weight excluding hydrogens is 236 g/mol. The minimum Gasteiger partial charge on any atom is -0.325 e. The molecule has 2 N–H and O–H groups in total. The summed E-state index contributed by atoms with van der Waals surface area (Å²) in [5.74, 6) is 0.648. The molecule has 106 valence electrons. The third-order valence-corrected chi connectivity index (χ3v) is 3.64. The van der Waals surface area contributed by atoms with E-state index in [1.807, 2.05) is 31.2 Å². The summed E-state index contributed by atoms with van der Waals surface area (Å²) >= 11 is 0. The maximum atomic E-state index is 11.9. The Labute approximate surface area is 116 Å². The van der Waals surface area contributed by atoms with Gasteiger partial charge in [0.05, 0.1) is 6.54 Å². The van der Waals surface area contributed by atoms with Gasteiger partial charge in [-0.15, -0.1) is 0 Å². The van der Waals surface area contributed by atoms with Crippen LogP contribution in [0, 0.1) is 12.8 Å². The molecule has 0 saturated carbocycles. The molecule has 1 aromatic rings. The highest BCUT2D eigenvalue weighted by Gasteiger charge is 2.13. The lowest BCUT2D eigenvalue weighted by atomic mass is 9.95. The number of amides is 1. The monoisotopic (exact) mass is 262 g/mol. The Balaban J connectivity index is 2.39. The Bertz CT molecular complexity index is 399. The molecule has 1 aromatic carbocycles. The molecule has 0 saturated heterocycles. The molecule has 1 atom stereocenters. The molecule has 3 nitrogen and oxygen atoms in total. The maximum absolute atomic E-state index is 11.9. The van der Waals surface area contributed by atoms with Gasteiger partial charge in [0, 0.05) is 11.7 Å². The average Bonchev–Trinajstić information content (AvgIpc) is 2.38. The van der Waals surface area contributed by atoms with Gasteiger partial charge in [-0.25, -0.2) is 0 Å². The Morgan fingerprint density at radius 3 is 2.53 bits per heavy atom. The van der Waals surface area contributed by atoms with Gasteiger partial charge in [-0.3, -0.25) is 4.79 Å². The van der Waals surface area contributed by atoms with E-state index in [0.29, 0.717) is 18.5 Å². The molecule has 0 radical (unpaired) electrons. The van der Waals surface area contributed by atoms with E-state index in [0.717, 1.165) is 24.1 Å². The fourth-order valence-electron chi connectivity index (χ4n) is 2.34. The van der Waals surface area contributed by atoms with Crippen molar-refractivity contribution in [2.75, 3.05) is 11.9 Å². The Hall–Kier alpha value is -1.35. The van der Waals surface area contributed by atoms with Crippen molar-refractivity contribution in [3.63, 3.8) is 0 Å². The normalized spacial score (nSPS) is 12.5. The van der Waals surface area contributed by atoms with Gasteiger partial charge in [-0.2, -0.15) is 0 Å². The van der Waals surface area contributed by atoms with E-state index in [4.69, 9.17) is 0 Å². The summed E-state index contributed by atoms with van der Waals surface area (Å²) in [6, 6.07) is 8.23. The zero-order chi connectivity index (χ0) is 14.3. The van der Waals surface area contributed by atoms with Gasteiger partial charge in [-0.1, -0.05) is 38.8 Å². The van der Waals surface area contributed by atoms with Crippen LogP contribution in [-0.2, 0) is 4.79 Å². The molecule has 0 fully saturated rings. The van der Waals surface area contributed by atoms with Crippen LogP contribution in [0.1, 0.15) is 39.2 Å². The molecule has 0 spiro atoms. The SMILES string of the molecule is CCC(CC)C(C)NCC(=O)Nc1cccc(C)c1. The van der Waals surface area contributed by atoms with Crippen molar-refractivity contribution in [1.82, 2.24) is 5.32 Å². The predicted molar refractivity (Wildman–Crippen MR) is 81.3 cm³/mol. The third kappa shape index (κ3) is 5.43. The second kappa shape index (κ2) is 7.95. The quantitative estimate of drug-likeness (QED) is 0.791. The Kier molecular flexibility index (Phi) is 6.57. The van der Waals surface area contributed by atoms with Crippen molar-refractivity contribution in [2.45, 2.75) is 46.6 Å². The fourth-order valence-corrected chi connectivity index (χ4v) is 2.34. The fraction of sp³-hybridized carbons (Fsp3) is 0.562. The lowest BCUT2D eigenvalue weighted by Crippen LogP contribution is -2.38. The summed E-state index contributed by atoms with van der Waals surface area (Å²) < 4.78 is 0. The molecule has 3 heteroatoms. The van der Waals surface area contributed by atoms with E-state index in [9.17, 15) is 4.79 Å². The first-order chi connectivity index (χ1) is 9.06. The average molecular weight is 262 g/mol. The van der Waals surface area contributed by atoms with Crippen molar-refractivity contribution in [3.8, 4) is 0 Å². The molecule has 0 aliphatic rings. The summed E-state index contributed by atoms with van der Waals surface area (Å²) in [6.45, 7) is 8.92. The summed E-state index contributed by atoms with van der Waals surface area (Å²) in [5.41, 5.74) is 2.01. The van der Waals surface area contributed by atoms with E-state index < -0.39 is 0 Å². The highest BCUT2D eigenvalue weighted by atomic mass is 16.1. The first-order valence-corrected chi connectivity index (χ1v) is 7.16. The highest BCUT2D eigenvalue weighted by Crippen LogP contribution is 2.12. The number of aryl methyl sites for hydroxylation is 1. The van der Waals surface area contributed by atoms with Gasteiger partial charge in [0.15, 0.2) is 0 Å². The number of carbonyl (C=O) groups excluding carboxylic acids is 1. The van der Waals surface area contributed by atoms with Crippen molar-refractivity contribution >= 4 is 11.6 Å². The molecule has 1 unspecified atom stereocenters. The number of anilines is 1. The van der Waals surface area contributed by atoms with Crippen LogP contribution in [0.25, 0.3) is 0 Å². The number of rotatable bonds is 7. The van der Waals surface area contributed by atoms with Crippen LogP contribution in [0.5, 0.6) is 0 Å². The van der Waals surface area contributed by atoms with Gasteiger partial charge in [0.1, 0.15) is 0 Å². The summed E-state index contributed by atoms with van der Waals surface area (Å²) in [7, 11) is 0. The van der Waals surface area contributed by atoms with Crippen LogP contribution in [-0.4, -0.2) is 18.5 Å². The van der Waals surface area contributed by atoms with Crippen LogP contribution >= 0.6 is 0 Å². The maximum Gasteiger partial charge on any atom is 0.238 e. The van der Waals surface area contributed by atoms with Crippen molar-refractivity contribution in [3.05, 3.63) is 29.8 Å². The number of carbonyl (C=O) groups is 1. The van der Waals surface area contributed by atoms with Gasteiger partial charge < -0.3 is 10.6 Å². The molecule has 0 bridgehead atoms. The van der Waals surface area contributed by atoms with E-state index in [-0.39, 0.29) is 5.91 Å². The second-order valence-corrected chi connectivity index (χ2v) is 5.16. The Morgan fingerprint density at radius 2 is 1.95 bits per heavy atom. The highest BCUT2D eigenvalue weighted by molar-refractivity contribution is 5.92. The van der Waals surface area contributed by atoms with Gasteiger partial charge in [0.25, 0.3) is 0 Å². The van der Waals surface area contributed by atoms with Gasteiger partial charge in [-0.05, 0) is 37.5 Å². The molecule has 19 heavy (non-hydrogen) atoms. The number of benzene rings is 1. The lowest BCUT2D eigenvalue weighted by molar-refractivity contribution is -0.115. The first kappa shape index (κ1) is 15.7.